The number of carbonyl (C=O) groups excluding carboxylic acids is 1. The number of amides is 1. The fourth-order valence-electron chi connectivity index (χ4n) is 2.37. The molecule has 1 N–H and O–H groups in total. The molecule has 0 spiro atoms. The van der Waals surface area contributed by atoms with Crippen LogP contribution < -0.4 is 0 Å². The zero-order chi connectivity index (χ0) is 15.2. The van der Waals surface area contributed by atoms with E-state index in [4.69, 9.17) is 9.84 Å². The summed E-state index contributed by atoms with van der Waals surface area (Å²) in [5.41, 5.74) is 1.22. The molecule has 0 saturated carbocycles. The number of carbonyl (C=O) groups is 1. The van der Waals surface area contributed by atoms with Crippen molar-refractivity contribution >= 4 is 5.91 Å². The fraction of sp³-hybridized carbons (Fsp3) is 0.500. The summed E-state index contributed by atoms with van der Waals surface area (Å²) in [7, 11) is 0. The van der Waals surface area contributed by atoms with Crippen molar-refractivity contribution in [2.24, 2.45) is 0 Å². The Labute approximate surface area is 124 Å². The zero-order valence-corrected chi connectivity index (χ0v) is 12.4. The molecule has 1 aliphatic heterocycles. The maximum atomic E-state index is 12.5. The molecular weight excluding hydrogens is 268 g/mol. The molecule has 0 unspecified atom stereocenters. The van der Waals surface area contributed by atoms with Gasteiger partial charge in [0.2, 0.25) is 0 Å². The van der Waals surface area contributed by atoms with E-state index in [1.54, 1.807) is 23.4 Å². The molecule has 0 bridgehead atoms. The molecule has 2 atom stereocenters. The third-order valence-corrected chi connectivity index (χ3v) is 3.16. The Kier molecular flexibility index (Phi) is 5.32. The molecule has 0 aromatic carbocycles. The lowest BCUT2D eigenvalue weighted by molar-refractivity contribution is -0.0586. The molecule has 1 aromatic rings. The van der Waals surface area contributed by atoms with Crippen LogP contribution in [0.2, 0.25) is 0 Å². The van der Waals surface area contributed by atoms with Crippen molar-refractivity contribution in [1.29, 1.82) is 0 Å². The zero-order valence-electron chi connectivity index (χ0n) is 12.4. The number of nitrogens with zero attached hydrogens (tertiary/aromatic N) is 2. The van der Waals surface area contributed by atoms with Crippen LogP contribution in [-0.4, -0.2) is 52.8 Å². The predicted octanol–water partition coefficient (Wildman–Crippen LogP) is 1.06. The Balaban J connectivity index is 2.12. The topological polar surface area (TPSA) is 62.7 Å². The smallest absolute Gasteiger partial charge is 0.255 e. The van der Waals surface area contributed by atoms with Crippen molar-refractivity contribution in [2.45, 2.75) is 32.5 Å². The van der Waals surface area contributed by atoms with Gasteiger partial charge in [0.15, 0.2) is 0 Å². The lowest BCUT2D eigenvalue weighted by atomic mass is 10.1. The third kappa shape index (κ3) is 4.28. The van der Waals surface area contributed by atoms with E-state index in [1.165, 1.54) is 0 Å². The average Bonchev–Trinajstić information content (AvgIpc) is 2.46. The molecule has 0 aliphatic carbocycles. The quantitative estimate of drug-likeness (QED) is 0.827. The van der Waals surface area contributed by atoms with Gasteiger partial charge in [-0.05, 0) is 19.9 Å². The molecule has 5 nitrogen and oxygen atoms in total. The monoisotopic (exact) mass is 288 g/mol. The van der Waals surface area contributed by atoms with Crippen LogP contribution in [0, 0.1) is 11.8 Å². The van der Waals surface area contributed by atoms with Crippen molar-refractivity contribution < 1.29 is 14.6 Å². The minimum atomic E-state index is -0.0460. The van der Waals surface area contributed by atoms with Gasteiger partial charge in [-0.15, -0.1) is 0 Å². The number of ether oxygens (including phenoxy) is 1. The van der Waals surface area contributed by atoms with Crippen LogP contribution in [0.4, 0.5) is 0 Å². The van der Waals surface area contributed by atoms with E-state index in [1.807, 2.05) is 13.8 Å². The maximum absolute atomic E-state index is 12.5. The van der Waals surface area contributed by atoms with Crippen LogP contribution in [0.15, 0.2) is 18.5 Å². The first kappa shape index (κ1) is 15.5. The lowest BCUT2D eigenvalue weighted by Crippen LogP contribution is -2.48. The van der Waals surface area contributed by atoms with Crippen LogP contribution in [0.25, 0.3) is 0 Å². The molecular formula is C16H20N2O3. The molecule has 112 valence electrons. The highest BCUT2D eigenvalue weighted by Gasteiger charge is 2.26. The first-order valence-corrected chi connectivity index (χ1v) is 7.09. The van der Waals surface area contributed by atoms with Crippen LogP contribution >= 0.6 is 0 Å². The molecule has 1 fully saturated rings. The van der Waals surface area contributed by atoms with Gasteiger partial charge in [-0.2, -0.15) is 0 Å². The summed E-state index contributed by atoms with van der Waals surface area (Å²) in [4.78, 5) is 18.4. The normalized spacial score (nSPS) is 21.6. The van der Waals surface area contributed by atoms with Gasteiger partial charge in [0, 0.05) is 37.5 Å². The van der Waals surface area contributed by atoms with E-state index in [-0.39, 0.29) is 24.7 Å². The van der Waals surface area contributed by atoms with Crippen LogP contribution in [0.1, 0.15) is 36.2 Å². The van der Waals surface area contributed by atoms with Gasteiger partial charge < -0.3 is 14.7 Å². The Morgan fingerprint density at radius 3 is 2.81 bits per heavy atom. The number of aromatic nitrogens is 1. The van der Waals surface area contributed by atoms with Gasteiger partial charge >= 0.3 is 0 Å². The standard InChI is InChI=1S/C16H20N2O3/c1-12-10-18(11-13(2)21-12)16(20)15-7-14(8-17-9-15)5-3-4-6-19/h7-9,12-13,19H,4,6,10-11H2,1-2H3/t12-,13+. The maximum Gasteiger partial charge on any atom is 0.255 e. The second-order valence-corrected chi connectivity index (χ2v) is 5.21. The number of hydrogen-bond donors (Lipinski definition) is 1. The highest BCUT2D eigenvalue weighted by Crippen LogP contribution is 2.14. The van der Waals surface area contributed by atoms with Gasteiger partial charge in [0.25, 0.3) is 5.91 Å². The van der Waals surface area contributed by atoms with Crippen molar-refractivity contribution in [3.05, 3.63) is 29.6 Å². The second-order valence-electron chi connectivity index (χ2n) is 5.21. The van der Waals surface area contributed by atoms with Gasteiger partial charge in [-0.3, -0.25) is 9.78 Å². The van der Waals surface area contributed by atoms with Gasteiger partial charge in [-0.1, -0.05) is 11.8 Å². The molecule has 1 aliphatic rings. The summed E-state index contributed by atoms with van der Waals surface area (Å²) in [6, 6.07) is 1.74. The van der Waals surface area contributed by atoms with E-state index in [9.17, 15) is 4.79 Å². The van der Waals surface area contributed by atoms with E-state index in [0.29, 0.717) is 30.6 Å². The SMILES string of the molecule is C[C@@H]1CN(C(=O)c2cncc(C#CCCO)c2)C[C@H](C)O1. The van der Waals surface area contributed by atoms with Crippen molar-refractivity contribution in [3.63, 3.8) is 0 Å². The summed E-state index contributed by atoms with van der Waals surface area (Å²) < 4.78 is 5.64. The molecule has 1 amide bonds. The molecule has 21 heavy (non-hydrogen) atoms. The Morgan fingerprint density at radius 2 is 2.14 bits per heavy atom. The van der Waals surface area contributed by atoms with E-state index in [2.05, 4.69) is 16.8 Å². The largest absolute Gasteiger partial charge is 0.395 e. The predicted molar refractivity (Wildman–Crippen MR) is 78.7 cm³/mol. The minimum Gasteiger partial charge on any atom is -0.395 e. The highest BCUT2D eigenvalue weighted by atomic mass is 16.5. The summed E-state index contributed by atoms with van der Waals surface area (Å²) in [5.74, 6) is 5.67. The molecule has 0 radical (unpaired) electrons. The Hall–Kier alpha value is -1.90. The molecule has 2 heterocycles. The summed E-state index contributed by atoms with van der Waals surface area (Å²) in [6.07, 6.45) is 3.67. The molecule has 1 saturated heterocycles. The third-order valence-electron chi connectivity index (χ3n) is 3.16. The van der Waals surface area contributed by atoms with Gasteiger partial charge in [0.1, 0.15) is 0 Å². The molecule has 1 aromatic heterocycles. The molecule has 2 rings (SSSR count). The minimum absolute atomic E-state index is 0.0304. The number of morpholine rings is 1. The number of aliphatic hydroxyl groups excluding tert-OH is 1. The van der Waals surface area contributed by atoms with E-state index >= 15 is 0 Å². The van der Waals surface area contributed by atoms with E-state index in [0.717, 1.165) is 0 Å². The average molecular weight is 288 g/mol. The first-order valence-electron chi connectivity index (χ1n) is 7.09. The molecule has 5 heteroatoms. The number of hydrogen-bond acceptors (Lipinski definition) is 4. The summed E-state index contributed by atoms with van der Waals surface area (Å²) >= 11 is 0. The van der Waals surface area contributed by atoms with Crippen LogP contribution in [0.3, 0.4) is 0 Å². The Bertz CT molecular complexity index is 552. The number of rotatable bonds is 2. The Morgan fingerprint density at radius 1 is 1.43 bits per heavy atom. The van der Waals surface area contributed by atoms with Crippen LogP contribution in [-0.2, 0) is 4.74 Å². The lowest BCUT2D eigenvalue weighted by Gasteiger charge is -2.35. The number of pyridine rings is 1. The van der Waals surface area contributed by atoms with Gasteiger partial charge in [-0.25, -0.2) is 0 Å². The second kappa shape index (κ2) is 7.21. The highest BCUT2D eigenvalue weighted by molar-refractivity contribution is 5.94. The van der Waals surface area contributed by atoms with E-state index < -0.39 is 0 Å². The van der Waals surface area contributed by atoms with Gasteiger partial charge in [0.05, 0.1) is 24.4 Å². The number of aliphatic hydroxyl groups is 1. The first-order chi connectivity index (χ1) is 10.1. The van der Waals surface area contributed by atoms with Crippen LogP contribution in [0.5, 0.6) is 0 Å². The van der Waals surface area contributed by atoms with Crippen molar-refractivity contribution in [2.75, 3.05) is 19.7 Å². The van der Waals surface area contributed by atoms with Crippen molar-refractivity contribution in [3.8, 4) is 11.8 Å². The summed E-state index contributed by atoms with van der Waals surface area (Å²) in [5, 5.41) is 8.72. The fourth-order valence-corrected chi connectivity index (χ4v) is 2.37. The van der Waals surface area contributed by atoms with Crippen molar-refractivity contribution in [1.82, 2.24) is 9.88 Å². The summed E-state index contributed by atoms with van der Waals surface area (Å²) in [6.45, 7) is 5.13.